The summed E-state index contributed by atoms with van der Waals surface area (Å²) in [6.07, 6.45) is 1.80. The van der Waals surface area contributed by atoms with Crippen LogP contribution in [0, 0.1) is 0 Å². The fourth-order valence-electron chi connectivity index (χ4n) is 1.79. The number of nitrogens with zero attached hydrogens (tertiary/aromatic N) is 4. The molecule has 0 atom stereocenters. The van der Waals surface area contributed by atoms with E-state index in [1.54, 1.807) is 6.20 Å². The van der Waals surface area contributed by atoms with Gasteiger partial charge in [0.1, 0.15) is 5.82 Å². The average molecular weight is 251 g/mol. The summed E-state index contributed by atoms with van der Waals surface area (Å²) in [7, 11) is 4.10. The molecule has 0 radical (unpaired) electrons. The van der Waals surface area contributed by atoms with Gasteiger partial charge in [0.15, 0.2) is 0 Å². The smallest absolute Gasteiger partial charge is 0.224 e. The fourth-order valence-corrected chi connectivity index (χ4v) is 1.79. The third-order valence-electron chi connectivity index (χ3n) is 2.82. The zero-order chi connectivity index (χ0) is 12.8. The van der Waals surface area contributed by atoms with Gasteiger partial charge in [0.05, 0.1) is 13.2 Å². The van der Waals surface area contributed by atoms with Gasteiger partial charge in [-0.2, -0.15) is 4.98 Å². The van der Waals surface area contributed by atoms with Gasteiger partial charge in [-0.3, -0.25) is 0 Å². The molecule has 0 aromatic carbocycles. The quantitative estimate of drug-likeness (QED) is 0.811. The van der Waals surface area contributed by atoms with Crippen LogP contribution in [0.5, 0.6) is 0 Å². The molecule has 1 aromatic rings. The molecule has 0 saturated carbocycles. The Morgan fingerprint density at radius 2 is 2.17 bits per heavy atom. The van der Waals surface area contributed by atoms with Gasteiger partial charge in [0.2, 0.25) is 5.95 Å². The number of anilines is 2. The summed E-state index contributed by atoms with van der Waals surface area (Å²) in [6, 6.07) is 1.95. The maximum Gasteiger partial charge on any atom is 0.224 e. The summed E-state index contributed by atoms with van der Waals surface area (Å²) >= 11 is 0. The molecule has 1 saturated heterocycles. The van der Waals surface area contributed by atoms with E-state index in [1.165, 1.54) is 0 Å². The summed E-state index contributed by atoms with van der Waals surface area (Å²) in [6.45, 7) is 5.15. The van der Waals surface area contributed by atoms with Crippen molar-refractivity contribution in [2.24, 2.45) is 0 Å². The van der Waals surface area contributed by atoms with Gasteiger partial charge in [0.25, 0.3) is 0 Å². The van der Waals surface area contributed by atoms with Crippen LogP contribution in [0.25, 0.3) is 0 Å². The standard InChI is InChI=1S/C12H21N5O/c1-16(2)6-5-14-12-13-4-3-11(15-12)17-7-9-18-10-8-17/h3-4H,5-10H2,1-2H3,(H,13,14,15). The number of rotatable bonds is 5. The van der Waals surface area contributed by atoms with E-state index in [0.29, 0.717) is 5.95 Å². The first-order valence-electron chi connectivity index (χ1n) is 6.30. The first-order valence-corrected chi connectivity index (χ1v) is 6.30. The van der Waals surface area contributed by atoms with E-state index >= 15 is 0 Å². The topological polar surface area (TPSA) is 53.5 Å². The molecule has 0 bridgehead atoms. The van der Waals surface area contributed by atoms with Crippen LogP contribution in [0.3, 0.4) is 0 Å². The number of hydrogen-bond acceptors (Lipinski definition) is 6. The van der Waals surface area contributed by atoms with Gasteiger partial charge in [-0.05, 0) is 20.2 Å². The van der Waals surface area contributed by atoms with Crippen molar-refractivity contribution in [1.82, 2.24) is 14.9 Å². The summed E-state index contributed by atoms with van der Waals surface area (Å²) in [5, 5.41) is 3.23. The lowest BCUT2D eigenvalue weighted by Crippen LogP contribution is -2.36. The molecule has 0 amide bonds. The van der Waals surface area contributed by atoms with Crippen molar-refractivity contribution in [2.75, 3.05) is 63.7 Å². The third kappa shape index (κ3) is 3.82. The van der Waals surface area contributed by atoms with Gasteiger partial charge in [-0.1, -0.05) is 0 Å². The van der Waals surface area contributed by atoms with Crippen LogP contribution < -0.4 is 10.2 Å². The minimum atomic E-state index is 0.695. The Kier molecular flexibility index (Phi) is 4.72. The molecule has 1 fully saturated rings. The van der Waals surface area contributed by atoms with Crippen LogP contribution in [0.15, 0.2) is 12.3 Å². The Bertz CT molecular complexity index is 365. The molecule has 2 rings (SSSR count). The molecular weight excluding hydrogens is 230 g/mol. The summed E-state index contributed by atoms with van der Waals surface area (Å²) in [5.41, 5.74) is 0. The lowest BCUT2D eigenvalue weighted by Gasteiger charge is -2.27. The lowest BCUT2D eigenvalue weighted by molar-refractivity contribution is 0.122. The first kappa shape index (κ1) is 13.0. The highest BCUT2D eigenvalue weighted by Gasteiger charge is 2.12. The Hall–Kier alpha value is -1.40. The summed E-state index contributed by atoms with van der Waals surface area (Å²) in [4.78, 5) is 13.1. The normalized spacial score (nSPS) is 16.1. The van der Waals surface area contributed by atoms with E-state index in [9.17, 15) is 0 Å². The van der Waals surface area contributed by atoms with Gasteiger partial charge < -0.3 is 19.9 Å². The molecule has 2 heterocycles. The third-order valence-corrected chi connectivity index (χ3v) is 2.82. The van der Waals surface area contributed by atoms with E-state index < -0.39 is 0 Å². The van der Waals surface area contributed by atoms with Gasteiger partial charge in [-0.15, -0.1) is 0 Å². The van der Waals surface area contributed by atoms with E-state index in [1.807, 2.05) is 20.2 Å². The van der Waals surface area contributed by atoms with Gasteiger partial charge in [-0.25, -0.2) is 4.98 Å². The van der Waals surface area contributed by atoms with Crippen LogP contribution in [-0.2, 0) is 4.74 Å². The van der Waals surface area contributed by atoms with Crippen LogP contribution in [0.1, 0.15) is 0 Å². The molecule has 1 aromatic heterocycles. The number of likely N-dealkylation sites (N-methyl/N-ethyl adjacent to an activating group) is 1. The summed E-state index contributed by atoms with van der Waals surface area (Å²) < 4.78 is 5.34. The van der Waals surface area contributed by atoms with Crippen molar-refractivity contribution >= 4 is 11.8 Å². The second-order valence-corrected chi connectivity index (χ2v) is 4.57. The van der Waals surface area contributed by atoms with Crippen molar-refractivity contribution in [2.45, 2.75) is 0 Å². The maximum absolute atomic E-state index is 5.34. The maximum atomic E-state index is 5.34. The molecule has 6 heteroatoms. The zero-order valence-corrected chi connectivity index (χ0v) is 11.1. The highest BCUT2D eigenvalue weighted by molar-refractivity contribution is 5.42. The second-order valence-electron chi connectivity index (χ2n) is 4.57. The molecular formula is C12H21N5O. The summed E-state index contributed by atoms with van der Waals surface area (Å²) in [5.74, 6) is 1.67. The second kappa shape index (κ2) is 6.51. The number of nitrogens with one attached hydrogen (secondary N) is 1. The van der Waals surface area contributed by atoms with Crippen molar-refractivity contribution in [3.8, 4) is 0 Å². The Balaban J connectivity index is 1.91. The lowest BCUT2D eigenvalue weighted by atomic mass is 10.4. The van der Waals surface area contributed by atoms with Crippen LogP contribution >= 0.6 is 0 Å². The van der Waals surface area contributed by atoms with Gasteiger partial charge in [0, 0.05) is 32.4 Å². The van der Waals surface area contributed by atoms with E-state index in [4.69, 9.17) is 4.74 Å². The van der Waals surface area contributed by atoms with E-state index in [2.05, 4.69) is 25.1 Å². The largest absolute Gasteiger partial charge is 0.378 e. The Morgan fingerprint density at radius 3 is 2.89 bits per heavy atom. The van der Waals surface area contributed by atoms with Crippen molar-refractivity contribution in [1.29, 1.82) is 0 Å². The molecule has 100 valence electrons. The molecule has 1 aliphatic rings. The van der Waals surface area contributed by atoms with Gasteiger partial charge >= 0.3 is 0 Å². The van der Waals surface area contributed by atoms with E-state index in [-0.39, 0.29) is 0 Å². The number of hydrogen-bond donors (Lipinski definition) is 1. The predicted molar refractivity (Wildman–Crippen MR) is 72.1 cm³/mol. The van der Waals surface area contributed by atoms with E-state index in [0.717, 1.165) is 45.2 Å². The number of morpholine rings is 1. The average Bonchev–Trinajstić information content (AvgIpc) is 2.40. The highest BCUT2D eigenvalue weighted by Crippen LogP contribution is 2.13. The minimum absolute atomic E-state index is 0.695. The zero-order valence-electron chi connectivity index (χ0n) is 11.1. The molecule has 18 heavy (non-hydrogen) atoms. The SMILES string of the molecule is CN(C)CCNc1nccc(N2CCOCC2)n1. The van der Waals surface area contributed by atoms with Crippen molar-refractivity contribution in [3.63, 3.8) is 0 Å². The predicted octanol–water partition coefficient (Wildman–Crippen LogP) is 0.287. The molecule has 6 nitrogen and oxygen atoms in total. The Labute approximate surface area is 108 Å². The number of ether oxygens (including phenoxy) is 1. The highest BCUT2D eigenvalue weighted by atomic mass is 16.5. The van der Waals surface area contributed by atoms with Crippen molar-refractivity contribution in [3.05, 3.63) is 12.3 Å². The van der Waals surface area contributed by atoms with Crippen LogP contribution in [0.2, 0.25) is 0 Å². The van der Waals surface area contributed by atoms with Crippen LogP contribution in [-0.4, -0.2) is 68.4 Å². The molecule has 0 unspecified atom stereocenters. The molecule has 1 aliphatic heterocycles. The van der Waals surface area contributed by atoms with Crippen LogP contribution in [0.4, 0.5) is 11.8 Å². The monoisotopic (exact) mass is 251 g/mol. The minimum Gasteiger partial charge on any atom is -0.378 e. The molecule has 0 aliphatic carbocycles. The fraction of sp³-hybridized carbons (Fsp3) is 0.667. The molecule has 1 N–H and O–H groups in total. The first-order chi connectivity index (χ1) is 8.75. The van der Waals surface area contributed by atoms with Crippen molar-refractivity contribution < 1.29 is 4.74 Å². The Morgan fingerprint density at radius 1 is 1.39 bits per heavy atom. The number of aromatic nitrogens is 2. The molecule has 0 spiro atoms.